The van der Waals surface area contributed by atoms with Gasteiger partial charge in [0.2, 0.25) is 0 Å². The van der Waals surface area contributed by atoms with Crippen molar-refractivity contribution in [2.75, 3.05) is 14.2 Å². The normalized spacial score (nSPS) is 11.3. The summed E-state index contributed by atoms with van der Waals surface area (Å²) in [7, 11) is 5.11. The van der Waals surface area contributed by atoms with Crippen LogP contribution in [0.3, 0.4) is 0 Å². The molecule has 0 amide bonds. The highest BCUT2D eigenvalue weighted by Gasteiger charge is 2.12. The molecule has 0 atom stereocenters. The smallest absolute Gasteiger partial charge is 0.387 e. The molecule has 2 rings (SSSR count). The Kier molecular flexibility index (Phi) is 5.67. The summed E-state index contributed by atoms with van der Waals surface area (Å²) in [6, 6.07) is 4.94. The number of rotatable bonds is 7. The molecule has 1 heterocycles. The Morgan fingerprint density at radius 3 is 2.65 bits per heavy atom. The molecule has 9 heteroatoms. The zero-order valence-electron chi connectivity index (χ0n) is 13.1. The average Bonchev–Trinajstić information content (AvgIpc) is 2.79. The van der Waals surface area contributed by atoms with Crippen LogP contribution in [0.1, 0.15) is 5.56 Å². The standard InChI is InChI=1S/C14H18F2N4O2S/c1-18(9-20-14(23)19(2)8-17-20)7-10-4-5-11(21-3)12(6-10)22-13(15)16/h4-6,8,13H,7,9H2,1-3H3. The Hall–Kier alpha value is -2.00. The van der Waals surface area contributed by atoms with Gasteiger partial charge >= 0.3 is 6.61 Å². The summed E-state index contributed by atoms with van der Waals surface area (Å²) in [6.07, 6.45) is 1.64. The van der Waals surface area contributed by atoms with Crippen LogP contribution in [0.15, 0.2) is 24.5 Å². The molecule has 0 radical (unpaired) electrons. The van der Waals surface area contributed by atoms with Gasteiger partial charge in [-0.25, -0.2) is 4.68 Å². The Morgan fingerprint density at radius 2 is 2.09 bits per heavy atom. The first-order valence-electron chi connectivity index (χ1n) is 6.79. The third-order valence-electron chi connectivity index (χ3n) is 3.16. The Labute approximate surface area is 137 Å². The molecular weight excluding hydrogens is 326 g/mol. The lowest BCUT2D eigenvalue weighted by Gasteiger charge is -2.18. The summed E-state index contributed by atoms with van der Waals surface area (Å²) < 4.78 is 38.4. The molecule has 0 fully saturated rings. The van der Waals surface area contributed by atoms with Gasteiger partial charge in [-0.1, -0.05) is 6.07 Å². The summed E-state index contributed by atoms with van der Waals surface area (Å²) in [5, 5.41) is 4.17. The molecule has 0 aliphatic heterocycles. The third-order valence-corrected chi connectivity index (χ3v) is 3.66. The maximum Gasteiger partial charge on any atom is 0.387 e. The first-order valence-corrected chi connectivity index (χ1v) is 7.20. The van der Waals surface area contributed by atoms with Gasteiger partial charge in [0, 0.05) is 13.6 Å². The number of aromatic nitrogens is 3. The van der Waals surface area contributed by atoms with Gasteiger partial charge in [0.1, 0.15) is 6.33 Å². The molecule has 0 spiro atoms. The minimum Gasteiger partial charge on any atom is -0.493 e. The fourth-order valence-electron chi connectivity index (χ4n) is 2.12. The molecular formula is C14H18F2N4O2S. The summed E-state index contributed by atoms with van der Waals surface area (Å²) in [5.74, 6) is 0.284. The Bertz CT molecular complexity index is 717. The second kappa shape index (κ2) is 7.51. The molecule has 0 N–H and O–H groups in total. The molecule has 126 valence electrons. The van der Waals surface area contributed by atoms with Crippen LogP contribution in [0.25, 0.3) is 0 Å². The molecule has 2 aromatic rings. The van der Waals surface area contributed by atoms with E-state index in [9.17, 15) is 8.78 Å². The van der Waals surface area contributed by atoms with E-state index in [0.29, 0.717) is 18.0 Å². The molecule has 0 bridgehead atoms. The van der Waals surface area contributed by atoms with E-state index in [1.54, 1.807) is 33.8 Å². The predicted octanol–water partition coefficient (Wildman–Crippen LogP) is 2.65. The van der Waals surface area contributed by atoms with Gasteiger partial charge in [0.25, 0.3) is 0 Å². The summed E-state index contributed by atoms with van der Waals surface area (Å²) in [6.45, 7) is -1.90. The van der Waals surface area contributed by atoms with Crippen molar-refractivity contribution < 1.29 is 18.3 Å². The van der Waals surface area contributed by atoms with E-state index in [2.05, 4.69) is 9.84 Å². The van der Waals surface area contributed by atoms with Crippen LogP contribution in [0, 0.1) is 4.77 Å². The number of hydrogen-bond acceptors (Lipinski definition) is 5. The number of aryl methyl sites for hydroxylation is 1. The molecule has 1 aromatic carbocycles. The molecule has 6 nitrogen and oxygen atoms in total. The zero-order chi connectivity index (χ0) is 17.0. The molecule has 0 unspecified atom stereocenters. The number of ether oxygens (including phenoxy) is 2. The van der Waals surface area contributed by atoms with Crippen molar-refractivity contribution in [2.24, 2.45) is 7.05 Å². The molecule has 0 aliphatic rings. The minimum absolute atomic E-state index is 0.0165. The van der Waals surface area contributed by atoms with Gasteiger partial charge in [-0.3, -0.25) is 4.90 Å². The van der Waals surface area contributed by atoms with Crippen LogP contribution in [-0.4, -0.2) is 40.0 Å². The SMILES string of the molecule is COc1ccc(CN(C)Cn2ncn(C)c2=S)cc1OC(F)F. The van der Waals surface area contributed by atoms with Gasteiger partial charge < -0.3 is 14.0 Å². The highest BCUT2D eigenvalue weighted by Crippen LogP contribution is 2.29. The second-order valence-electron chi connectivity index (χ2n) is 5.04. The van der Waals surface area contributed by atoms with Crippen molar-refractivity contribution in [3.8, 4) is 11.5 Å². The predicted molar refractivity (Wildman–Crippen MR) is 83.1 cm³/mol. The molecule has 0 aliphatic carbocycles. The first kappa shape index (κ1) is 17.4. The highest BCUT2D eigenvalue weighted by molar-refractivity contribution is 7.71. The van der Waals surface area contributed by atoms with E-state index in [0.717, 1.165) is 5.56 Å². The second-order valence-corrected chi connectivity index (χ2v) is 5.41. The van der Waals surface area contributed by atoms with Crippen molar-refractivity contribution >= 4 is 12.2 Å². The van der Waals surface area contributed by atoms with Crippen LogP contribution in [0.2, 0.25) is 0 Å². The quantitative estimate of drug-likeness (QED) is 0.723. The summed E-state index contributed by atoms with van der Waals surface area (Å²) in [5.41, 5.74) is 0.811. The topological polar surface area (TPSA) is 44.5 Å². The fourth-order valence-corrected chi connectivity index (χ4v) is 2.27. The van der Waals surface area contributed by atoms with Crippen LogP contribution in [0.5, 0.6) is 11.5 Å². The number of nitrogens with zero attached hydrogens (tertiary/aromatic N) is 4. The van der Waals surface area contributed by atoms with E-state index in [4.69, 9.17) is 17.0 Å². The maximum atomic E-state index is 12.5. The van der Waals surface area contributed by atoms with Gasteiger partial charge in [0.15, 0.2) is 16.3 Å². The number of methoxy groups -OCH3 is 1. The lowest BCUT2D eigenvalue weighted by Crippen LogP contribution is -2.22. The van der Waals surface area contributed by atoms with Gasteiger partial charge in [-0.2, -0.15) is 13.9 Å². The monoisotopic (exact) mass is 344 g/mol. The van der Waals surface area contributed by atoms with Crippen molar-refractivity contribution in [1.82, 2.24) is 19.2 Å². The largest absolute Gasteiger partial charge is 0.493 e. The lowest BCUT2D eigenvalue weighted by atomic mass is 10.2. The van der Waals surface area contributed by atoms with E-state index >= 15 is 0 Å². The van der Waals surface area contributed by atoms with Crippen molar-refractivity contribution in [2.45, 2.75) is 19.8 Å². The van der Waals surface area contributed by atoms with Crippen molar-refractivity contribution in [3.05, 3.63) is 34.9 Å². The minimum atomic E-state index is -2.90. The van der Waals surface area contributed by atoms with Gasteiger partial charge in [-0.15, -0.1) is 0 Å². The van der Waals surface area contributed by atoms with Crippen molar-refractivity contribution in [1.29, 1.82) is 0 Å². The third kappa shape index (κ3) is 4.49. The fraction of sp³-hybridized carbons (Fsp3) is 0.429. The highest BCUT2D eigenvalue weighted by atomic mass is 32.1. The zero-order valence-corrected chi connectivity index (χ0v) is 13.9. The average molecular weight is 344 g/mol. The number of halogens is 2. The molecule has 23 heavy (non-hydrogen) atoms. The van der Waals surface area contributed by atoms with E-state index in [1.165, 1.54) is 7.11 Å². The summed E-state index contributed by atoms with van der Waals surface area (Å²) in [4.78, 5) is 1.96. The van der Waals surface area contributed by atoms with Crippen molar-refractivity contribution in [3.63, 3.8) is 0 Å². The Balaban J connectivity index is 2.09. The summed E-state index contributed by atoms with van der Waals surface area (Å²) >= 11 is 5.23. The number of alkyl halides is 2. The van der Waals surface area contributed by atoms with E-state index < -0.39 is 6.61 Å². The van der Waals surface area contributed by atoms with Crippen LogP contribution in [-0.2, 0) is 20.3 Å². The molecule has 1 aromatic heterocycles. The van der Waals surface area contributed by atoms with Crippen LogP contribution in [0.4, 0.5) is 8.78 Å². The maximum absolute atomic E-state index is 12.5. The first-order chi connectivity index (χ1) is 10.9. The molecule has 0 saturated carbocycles. The van der Waals surface area contributed by atoms with Crippen LogP contribution >= 0.6 is 12.2 Å². The number of hydrogen-bond donors (Lipinski definition) is 0. The van der Waals surface area contributed by atoms with E-state index in [1.807, 2.05) is 19.0 Å². The number of benzene rings is 1. The van der Waals surface area contributed by atoms with Gasteiger partial charge in [0.05, 0.1) is 13.8 Å². The lowest BCUT2D eigenvalue weighted by molar-refractivity contribution is -0.0512. The molecule has 0 saturated heterocycles. The van der Waals surface area contributed by atoms with E-state index in [-0.39, 0.29) is 11.5 Å². The van der Waals surface area contributed by atoms with Crippen LogP contribution < -0.4 is 9.47 Å². The Morgan fingerprint density at radius 1 is 1.35 bits per heavy atom. The van der Waals surface area contributed by atoms with Gasteiger partial charge in [-0.05, 0) is 37.0 Å².